The minimum absolute atomic E-state index is 0.0663. The molecular weight excluding hydrogens is 244 g/mol. The molecule has 14 heavy (non-hydrogen) atoms. The van der Waals surface area contributed by atoms with Crippen molar-refractivity contribution in [2.24, 2.45) is 0 Å². The van der Waals surface area contributed by atoms with Gasteiger partial charge in [-0.25, -0.2) is 4.98 Å². The van der Waals surface area contributed by atoms with Crippen molar-refractivity contribution in [3.05, 3.63) is 22.3 Å². The standard InChI is InChI=1S/C10H9BrN2O/c1-3-4-10(14)13-9-5-7(2)8(11)6-12-9/h1,5-6H,4H2,2H3,(H,12,13,14). The second-order valence-electron chi connectivity index (χ2n) is 2.75. The van der Waals surface area contributed by atoms with Gasteiger partial charge in [0.1, 0.15) is 5.82 Å². The molecule has 0 aliphatic heterocycles. The number of nitrogens with one attached hydrogen (secondary N) is 1. The first-order valence-electron chi connectivity index (χ1n) is 3.99. The van der Waals surface area contributed by atoms with Crippen LogP contribution in [0.25, 0.3) is 0 Å². The molecule has 0 spiro atoms. The van der Waals surface area contributed by atoms with Crippen LogP contribution in [0.4, 0.5) is 5.82 Å². The highest BCUT2D eigenvalue weighted by molar-refractivity contribution is 9.10. The maximum atomic E-state index is 11.1. The van der Waals surface area contributed by atoms with Crippen molar-refractivity contribution < 1.29 is 4.79 Å². The monoisotopic (exact) mass is 252 g/mol. The number of pyridine rings is 1. The molecule has 0 aliphatic rings. The first-order chi connectivity index (χ1) is 6.63. The number of aryl methyl sites for hydroxylation is 1. The minimum atomic E-state index is -0.221. The fourth-order valence-electron chi connectivity index (χ4n) is 0.887. The molecule has 0 saturated carbocycles. The van der Waals surface area contributed by atoms with Gasteiger partial charge in [0.05, 0.1) is 6.42 Å². The molecule has 0 fully saturated rings. The topological polar surface area (TPSA) is 42.0 Å². The van der Waals surface area contributed by atoms with Gasteiger partial charge in [0.15, 0.2) is 0 Å². The lowest BCUT2D eigenvalue weighted by atomic mass is 10.3. The average molecular weight is 253 g/mol. The van der Waals surface area contributed by atoms with Crippen LogP contribution in [0.1, 0.15) is 12.0 Å². The molecule has 1 aromatic rings. The third kappa shape index (κ3) is 2.86. The van der Waals surface area contributed by atoms with Gasteiger partial charge in [-0.2, -0.15) is 0 Å². The Morgan fingerprint density at radius 2 is 2.50 bits per heavy atom. The van der Waals surface area contributed by atoms with Gasteiger partial charge in [0.2, 0.25) is 5.91 Å². The number of halogens is 1. The summed E-state index contributed by atoms with van der Waals surface area (Å²) in [6, 6.07) is 1.78. The fraction of sp³-hybridized carbons (Fsp3) is 0.200. The Kier molecular flexibility index (Phi) is 3.66. The number of nitrogens with zero attached hydrogens (tertiary/aromatic N) is 1. The van der Waals surface area contributed by atoms with E-state index >= 15 is 0 Å². The largest absolute Gasteiger partial charge is 0.310 e. The van der Waals surface area contributed by atoms with Crippen LogP contribution in [0, 0.1) is 19.3 Å². The Bertz CT molecular complexity index is 396. The van der Waals surface area contributed by atoms with E-state index in [-0.39, 0.29) is 12.3 Å². The Balaban J connectivity index is 2.74. The van der Waals surface area contributed by atoms with Gasteiger partial charge in [-0.3, -0.25) is 4.79 Å². The zero-order valence-corrected chi connectivity index (χ0v) is 9.26. The van der Waals surface area contributed by atoms with Gasteiger partial charge in [-0.05, 0) is 34.5 Å². The van der Waals surface area contributed by atoms with E-state index in [1.54, 1.807) is 12.3 Å². The number of aromatic nitrogens is 1. The van der Waals surface area contributed by atoms with E-state index in [1.807, 2.05) is 6.92 Å². The summed E-state index contributed by atoms with van der Waals surface area (Å²) < 4.78 is 0.910. The zero-order chi connectivity index (χ0) is 10.6. The van der Waals surface area contributed by atoms with Crippen LogP contribution in [-0.4, -0.2) is 10.9 Å². The Hall–Kier alpha value is -1.34. The molecule has 1 aromatic heterocycles. The van der Waals surface area contributed by atoms with E-state index in [9.17, 15) is 4.79 Å². The number of hydrogen-bond acceptors (Lipinski definition) is 2. The van der Waals surface area contributed by atoms with Crippen LogP contribution in [0.5, 0.6) is 0 Å². The molecular formula is C10H9BrN2O. The molecule has 4 heteroatoms. The normalized spacial score (nSPS) is 9.21. The van der Waals surface area contributed by atoms with Gasteiger partial charge >= 0.3 is 0 Å². The zero-order valence-electron chi connectivity index (χ0n) is 7.67. The van der Waals surface area contributed by atoms with Crippen LogP contribution in [0.3, 0.4) is 0 Å². The second kappa shape index (κ2) is 4.77. The lowest BCUT2D eigenvalue weighted by Crippen LogP contribution is -2.11. The second-order valence-corrected chi connectivity index (χ2v) is 3.60. The highest BCUT2D eigenvalue weighted by atomic mass is 79.9. The molecule has 0 atom stereocenters. The SMILES string of the molecule is C#CCC(=O)Nc1cc(C)c(Br)cn1. The molecule has 1 N–H and O–H groups in total. The molecule has 1 heterocycles. The van der Waals surface area contributed by atoms with Crippen molar-refractivity contribution in [1.29, 1.82) is 0 Å². The van der Waals surface area contributed by atoms with E-state index in [0.29, 0.717) is 5.82 Å². The molecule has 0 bridgehead atoms. The van der Waals surface area contributed by atoms with Crippen molar-refractivity contribution in [3.8, 4) is 12.3 Å². The molecule has 0 aromatic carbocycles. The Morgan fingerprint density at radius 1 is 1.79 bits per heavy atom. The summed E-state index contributed by atoms with van der Waals surface area (Å²) >= 11 is 3.32. The lowest BCUT2D eigenvalue weighted by molar-refractivity contribution is -0.115. The first kappa shape index (κ1) is 10.7. The number of hydrogen-bond donors (Lipinski definition) is 1. The van der Waals surface area contributed by atoms with Crippen LogP contribution in [0.2, 0.25) is 0 Å². The van der Waals surface area contributed by atoms with Crippen molar-refractivity contribution in [3.63, 3.8) is 0 Å². The molecule has 0 radical (unpaired) electrons. The number of terminal acetylenes is 1. The predicted molar refractivity (Wildman–Crippen MR) is 58.8 cm³/mol. The van der Waals surface area contributed by atoms with Crippen molar-refractivity contribution >= 4 is 27.7 Å². The molecule has 0 aliphatic carbocycles. The average Bonchev–Trinajstić information content (AvgIpc) is 2.12. The van der Waals surface area contributed by atoms with E-state index in [0.717, 1.165) is 10.0 Å². The van der Waals surface area contributed by atoms with Gasteiger partial charge in [-0.15, -0.1) is 6.42 Å². The highest BCUT2D eigenvalue weighted by Crippen LogP contribution is 2.17. The van der Waals surface area contributed by atoms with Gasteiger partial charge < -0.3 is 5.32 Å². The number of anilines is 1. The minimum Gasteiger partial charge on any atom is -0.310 e. The summed E-state index contributed by atoms with van der Waals surface area (Å²) in [5, 5.41) is 2.60. The third-order valence-electron chi connectivity index (χ3n) is 1.58. The summed E-state index contributed by atoms with van der Waals surface area (Å²) in [6.07, 6.45) is 6.70. The first-order valence-corrected chi connectivity index (χ1v) is 4.78. The van der Waals surface area contributed by atoms with E-state index in [4.69, 9.17) is 6.42 Å². The van der Waals surface area contributed by atoms with Crippen LogP contribution in [-0.2, 0) is 4.79 Å². The van der Waals surface area contributed by atoms with Crippen molar-refractivity contribution in [1.82, 2.24) is 4.98 Å². The van der Waals surface area contributed by atoms with Crippen LogP contribution < -0.4 is 5.32 Å². The maximum absolute atomic E-state index is 11.1. The number of rotatable bonds is 2. The Labute approximate surface area is 91.1 Å². The number of amides is 1. The number of carbonyl (C=O) groups excluding carboxylic acids is 1. The quantitative estimate of drug-likeness (QED) is 0.820. The molecule has 1 amide bonds. The lowest BCUT2D eigenvalue weighted by Gasteiger charge is -2.03. The number of carbonyl (C=O) groups is 1. The third-order valence-corrected chi connectivity index (χ3v) is 2.41. The predicted octanol–water partition coefficient (Wildman–Crippen LogP) is 2.11. The van der Waals surface area contributed by atoms with Gasteiger partial charge in [0.25, 0.3) is 0 Å². The smallest absolute Gasteiger partial charge is 0.237 e. The van der Waals surface area contributed by atoms with Crippen LogP contribution >= 0.6 is 15.9 Å². The summed E-state index contributed by atoms with van der Waals surface area (Å²) in [7, 11) is 0. The summed E-state index contributed by atoms with van der Waals surface area (Å²) in [6.45, 7) is 1.92. The molecule has 0 unspecified atom stereocenters. The molecule has 1 rings (SSSR count). The van der Waals surface area contributed by atoms with Gasteiger partial charge in [0, 0.05) is 10.7 Å². The summed E-state index contributed by atoms with van der Waals surface area (Å²) in [5.41, 5.74) is 1.01. The van der Waals surface area contributed by atoms with Crippen molar-refractivity contribution in [2.75, 3.05) is 5.32 Å². The Morgan fingerprint density at radius 3 is 3.07 bits per heavy atom. The van der Waals surface area contributed by atoms with E-state index in [2.05, 4.69) is 32.2 Å². The van der Waals surface area contributed by atoms with E-state index < -0.39 is 0 Å². The molecule has 3 nitrogen and oxygen atoms in total. The molecule has 72 valence electrons. The highest BCUT2D eigenvalue weighted by Gasteiger charge is 2.02. The van der Waals surface area contributed by atoms with Gasteiger partial charge in [-0.1, -0.05) is 5.92 Å². The maximum Gasteiger partial charge on any atom is 0.237 e. The molecule has 0 saturated heterocycles. The van der Waals surface area contributed by atoms with E-state index in [1.165, 1.54) is 0 Å². The van der Waals surface area contributed by atoms with Crippen molar-refractivity contribution in [2.45, 2.75) is 13.3 Å². The van der Waals surface area contributed by atoms with Crippen LogP contribution in [0.15, 0.2) is 16.7 Å². The summed E-state index contributed by atoms with van der Waals surface area (Å²) in [5.74, 6) is 2.56. The fourth-order valence-corrected chi connectivity index (χ4v) is 1.10. The summed E-state index contributed by atoms with van der Waals surface area (Å²) in [4.78, 5) is 15.1.